The molecule has 1 fully saturated rings. The average Bonchev–Trinajstić information content (AvgIpc) is 3.73. The molecule has 0 aliphatic heterocycles. The van der Waals surface area contributed by atoms with Crippen LogP contribution < -0.4 is 5.32 Å². The van der Waals surface area contributed by atoms with Gasteiger partial charge in [0.05, 0.1) is 6.61 Å². The number of hydrogen-bond donors (Lipinski definition) is 1. The Hall–Kier alpha value is -4.51. The third kappa shape index (κ3) is 5.28. The molecule has 1 amide bonds. The van der Waals surface area contributed by atoms with Crippen LogP contribution in [0.3, 0.4) is 0 Å². The van der Waals surface area contributed by atoms with E-state index in [4.69, 9.17) is 4.74 Å². The molecule has 190 valence electrons. The lowest BCUT2D eigenvalue weighted by Gasteiger charge is -2.17. The molecule has 5 nitrogen and oxygen atoms in total. The fourth-order valence-corrected chi connectivity index (χ4v) is 5.16. The summed E-state index contributed by atoms with van der Waals surface area (Å²) in [4.78, 5) is 39.2. The predicted molar refractivity (Wildman–Crippen MR) is 146 cm³/mol. The fraction of sp³-hybridized carbons (Fsp3) is 0.182. The zero-order valence-corrected chi connectivity index (χ0v) is 21.1. The van der Waals surface area contributed by atoms with Crippen LogP contribution in [-0.4, -0.2) is 24.3 Å². The van der Waals surface area contributed by atoms with Crippen LogP contribution in [0.4, 0.5) is 0 Å². The molecule has 4 atom stereocenters. The van der Waals surface area contributed by atoms with Gasteiger partial charge in [0.2, 0.25) is 0 Å². The quantitative estimate of drug-likeness (QED) is 0.221. The zero-order chi connectivity index (χ0) is 26.5. The van der Waals surface area contributed by atoms with Crippen LogP contribution in [0.2, 0.25) is 0 Å². The van der Waals surface area contributed by atoms with E-state index in [9.17, 15) is 14.4 Å². The van der Waals surface area contributed by atoms with E-state index in [2.05, 4.69) is 29.6 Å². The first-order valence-electron chi connectivity index (χ1n) is 12.8. The number of Topliss-reactive ketones (excluding diaryl/α,β-unsaturated/α-hetero) is 1. The van der Waals surface area contributed by atoms with E-state index in [0.717, 1.165) is 11.1 Å². The number of amides is 1. The summed E-state index contributed by atoms with van der Waals surface area (Å²) in [7, 11) is 0. The molecular formula is C33H29NO4. The van der Waals surface area contributed by atoms with Crippen molar-refractivity contribution in [2.75, 3.05) is 6.61 Å². The average molecular weight is 504 g/mol. The number of benzene rings is 4. The number of nitrogens with one attached hydrogen (secondary N) is 1. The summed E-state index contributed by atoms with van der Waals surface area (Å²) in [6.07, 6.45) is 0. The third-order valence-corrected chi connectivity index (χ3v) is 7.05. The van der Waals surface area contributed by atoms with Gasteiger partial charge >= 0.3 is 5.97 Å². The van der Waals surface area contributed by atoms with Gasteiger partial charge in [0.1, 0.15) is 0 Å². The molecule has 1 saturated carbocycles. The number of hydrogen-bond acceptors (Lipinski definition) is 4. The number of carbonyl (C=O) groups is 3. The summed E-state index contributed by atoms with van der Waals surface area (Å²) in [5, 5.41) is 2.78. The van der Waals surface area contributed by atoms with E-state index in [0.29, 0.717) is 16.7 Å². The first kappa shape index (κ1) is 25.2. The van der Waals surface area contributed by atoms with Crippen molar-refractivity contribution in [3.05, 3.63) is 143 Å². The Balaban J connectivity index is 1.34. The zero-order valence-electron chi connectivity index (χ0n) is 21.1. The lowest BCUT2D eigenvalue weighted by molar-refractivity contribution is -0.145. The van der Waals surface area contributed by atoms with Crippen molar-refractivity contribution in [2.45, 2.75) is 24.8 Å². The summed E-state index contributed by atoms with van der Waals surface area (Å²) in [5.41, 5.74) is 3.87. The molecule has 0 saturated heterocycles. The second-order valence-electron chi connectivity index (χ2n) is 9.41. The predicted octanol–water partition coefficient (Wildman–Crippen LogP) is 6.10. The van der Waals surface area contributed by atoms with Crippen molar-refractivity contribution in [3.8, 4) is 0 Å². The normalized spacial score (nSPS) is 18.7. The summed E-state index contributed by atoms with van der Waals surface area (Å²) >= 11 is 0. The van der Waals surface area contributed by atoms with E-state index >= 15 is 0 Å². The Morgan fingerprint density at radius 3 is 1.66 bits per heavy atom. The van der Waals surface area contributed by atoms with Gasteiger partial charge in [0.25, 0.3) is 5.91 Å². The summed E-state index contributed by atoms with van der Waals surface area (Å²) in [5.74, 6) is -0.803. The molecule has 1 aliphatic carbocycles. The second kappa shape index (κ2) is 11.3. The lowest BCUT2D eigenvalue weighted by atomic mass is 10.0. The van der Waals surface area contributed by atoms with Crippen LogP contribution in [0.15, 0.2) is 115 Å². The first-order chi connectivity index (χ1) is 18.6. The number of esters is 1. The van der Waals surface area contributed by atoms with Crippen molar-refractivity contribution >= 4 is 17.7 Å². The standard InChI is InChI=1S/C33H29NO4/c1-2-38-33(37)30(24-16-10-5-11-17-24)34-32(36)26-20-18-25(19-21-26)31(35)29-27(22-12-6-3-7-13-22)28(29)23-14-8-4-9-15-23/h3-21,27-30H,2H2,1H3,(H,34,36)/t27-,28+,29?,30-/m0/s1. The van der Waals surface area contributed by atoms with Gasteiger partial charge in [-0.15, -0.1) is 0 Å². The highest BCUT2D eigenvalue weighted by Gasteiger charge is 2.55. The summed E-state index contributed by atoms with van der Waals surface area (Å²) in [6, 6.07) is 35.0. The molecule has 1 N–H and O–H groups in total. The van der Waals surface area contributed by atoms with E-state index in [-0.39, 0.29) is 30.1 Å². The molecule has 0 spiro atoms. The molecule has 0 aromatic heterocycles. The van der Waals surface area contributed by atoms with Gasteiger partial charge in [-0.1, -0.05) is 103 Å². The molecule has 1 unspecified atom stereocenters. The highest BCUT2D eigenvalue weighted by Crippen LogP contribution is 2.61. The van der Waals surface area contributed by atoms with Gasteiger partial charge in [-0.3, -0.25) is 9.59 Å². The first-order valence-corrected chi connectivity index (χ1v) is 12.8. The van der Waals surface area contributed by atoms with Gasteiger partial charge in [0.15, 0.2) is 11.8 Å². The Morgan fingerprint density at radius 1 is 0.684 bits per heavy atom. The maximum Gasteiger partial charge on any atom is 0.333 e. The number of carbonyl (C=O) groups excluding carboxylic acids is 3. The van der Waals surface area contributed by atoms with Gasteiger partial charge in [0, 0.05) is 28.9 Å². The Bertz CT molecular complexity index is 1360. The monoisotopic (exact) mass is 503 g/mol. The fourth-order valence-electron chi connectivity index (χ4n) is 5.16. The van der Waals surface area contributed by atoms with Gasteiger partial charge < -0.3 is 10.1 Å². The minimum absolute atomic E-state index is 0.0633. The van der Waals surface area contributed by atoms with Gasteiger partial charge in [-0.25, -0.2) is 4.79 Å². The van der Waals surface area contributed by atoms with Crippen LogP contribution in [0.5, 0.6) is 0 Å². The Labute approximate surface area is 222 Å². The molecule has 38 heavy (non-hydrogen) atoms. The van der Waals surface area contributed by atoms with Crippen molar-refractivity contribution in [2.24, 2.45) is 5.92 Å². The van der Waals surface area contributed by atoms with E-state index in [1.165, 1.54) is 0 Å². The summed E-state index contributed by atoms with van der Waals surface area (Å²) in [6.45, 7) is 1.94. The van der Waals surface area contributed by atoms with Crippen molar-refractivity contribution in [3.63, 3.8) is 0 Å². The lowest BCUT2D eigenvalue weighted by Crippen LogP contribution is -2.35. The second-order valence-corrected chi connectivity index (χ2v) is 9.41. The van der Waals surface area contributed by atoms with Crippen molar-refractivity contribution in [1.29, 1.82) is 0 Å². The smallest absolute Gasteiger partial charge is 0.333 e. The SMILES string of the molecule is CCOC(=O)[C@@H](NC(=O)c1ccc(C(=O)C2[C@@H](c3ccccc3)[C@H]2c2ccccc2)cc1)c1ccccc1. The topological polar surface area (TPSA) is 72.5 Å². The van der Waals surface area contributed by atoms with Crippen molar-refractivity contribution < 1.29 is 19.1 Å². The largest absolute Gasteiger partial charge is 0.464 e. The Morgan fingerprint density at radius 2 is 1.16 bits per heavy atom. The molecule has 4 aromatic carbocycles. The number of ether oxygens (including phenoxy) is 1. The highest BCUT2D eigenvalue weighted by atomic mass is 16.5. The molecule has 4 aromatic rings. The number of rotatable bonds is 9. The van der Waals surface area contributed by atoms with Crippen LogP contribution >= 0.6 is 0 Å². The molecule has 1 aliphatic rings. The maximum atomic E-state index is 13.6. The number of ketones is 1. The maximum absolute atomic E-state index is 13.6. The molecule has 5 heteroatoms. The van der Waals surface area contributed by atoms with Crippen LogP contribution in [0, 0.1) is 5.92 Å². The minimum atomic E-state index is -0.922. The molecule has 5 rings (SSSR count). The van der Waals surface area contributed by atoms with Crippen molar-refractivity contribution in [1.82, 2.24) is 5.32 Å². The molecular weight excluding hydrogens is 474 g/mol. The summed E-state index contributed by atoms with van der Waals surface area (Å²) < 4.78 is 5.17. The van der Waals surface area contributed by atoms with E-state index < -0.39 is 17.9 Å². The van der Waals surface area contributed by atoms with Crippen LogP contribution in [-0.2, 0) is 9.53 Å². The van der Waals surface area contributed by atoms with Crippen LogP contribution in [0.1, 0.15) is 62.2 Å². The highest BCUT2D eigenvalue weighted by molar-refractivity contribution is 6.03. The van der Waals surface area contributed by atoms with Crippen LogP contribution in [0.25, 0.3) is 0 Å². The minimum Gasteiger partial charge on any atom is -0.464 e. The van der Waals surface area contributed by atoms with E-state index in [1.807, 2.05) is 42.5 Å². The molecule has 0 bridgehead atoms. The van der Waals surface area contributed by atoms with Gasteiger partial charge in [-0.05, 0) is 35.7 Å². The van der Waals surface area contributed by atoms with Gasteiger partial charge in [-0.2, -0.15) is 0 Å². The Kier molecular flexibility index (Phi) is 7.45. The van der Waals surface area contributed by atoms with E-state index in [1.54, 1.807) is 55.5 Å². The third-order valence-electron chi connectivity index (χ3n) is 7.05. The molecule has 0 heterocycles. The molecule has 0 radical (unpaired) electrons.